The van der Waals surface area contributed by atoms with Crippen molar-refractivity contribution in [2.45, 2.75) is 24.3 Å². The van der Waals surface area contributed by atoms with Crippen LogP contribution in [0.2, 0.25) is 0 Å². The molecule has 1 aromatic carbocycles. The van der Waals surface area contributed by atoms with Gasteiger partial charge in [-0.15, -0.1) is 0 Å². The highest BCUT2D eigenvalue weighted by Crippen LogP contribution is 2.25. The van der Waals surface area contributed by atoms with Crippen molar-refractivity contribution < 1.29 is 12.9 Å². The Labute approximate surface area is 157 Å². The van der Waals surface area contributed by atoms with Gasteiger partial charge in [-0.05, 0) is 30.9 Å². The van der Waals surface area contributed by atoms with Crippen LogP contribution in [-0.4, -0.2) is 45.5 Å². The average Bonchev–Trinajstić information content (AvgIpc) is 3.32. The fraction of sp³-hybridized carbons (Fsp3) is 0.389. The van der Waals surface area contributed by atoms with Gasteiger partial charge in [-0.3, -0.25) is 0 Å². The van der Waals surface area contributed by atoms with Crippen molar-refractivity contribution in [2.75, 3.05) is 13.1 Å². The van der Waals surface area contributed by atoms with E-state index in [1.807, 2.05) is 30.3 Å². The van der Waals surface area contributed by atoms with Gasteiger partial charge in [-0.25, -0.2) is 13.4 Å². The smallest absolute Gasteiger partial charge is 0.262 e. The second kappa shape index (κ2) is 7.24. The Morgan fingerprint density at radius 1 is 1.26 bits per heavy atom. The summed E-state index contributed by atoms with van der Waals surface area (Å²) in [6.07, 6.45) is 5.36. The number of sulfonamides is 1. The van der Waals surface area contributed by atoms with Crippen molar-refractivity contribution in [2.24, 2.45) is 13.0 Å². The van der Waals surface area contributed by atoms with E-state index in [4.69, 9.17) is 4.52 Å². The summed E-state index contributed by atoms with van der Waals surface area (Å²) in [6, 6.07) is 9.60. The number of hydrogen-bond donors (Lipinski definition) is 0. The first-order valence-corrected chi connectivity index (χ1v) is 10.3. The fourth-order valence-corrected chi connectivity index (χ4v) is 4.88. The number of nitrogens with zero attached hydrogens (tertiary/aromatic N) is 5. The highest BCUT2D eigenvalue weighted by Gasteiger charge is 2.32. The van der Waals surface area contributed by atoms with Crippen LogP contribution in [-0.2, 0) is 23.5 Å². The lowest BCUT2D eigenvalue weighted by Gasteiger charge is -2.30. The van der Waals surface area contributed by atoms with E-state index >= 15 is 0 Å². The monoisotopic (exact) mass is 387 g/mol. The molecule has 0 amide bonds. The lowest BCUT2D eigenvalue weighted by molar-refractivity contribution is 0.260. The number of imidazole rings is 1. The van der Waals surface area contributed by atoms with Gasteiger partial charge in [-0.1, -0.05) is 23.4 Å². The van der Waals surface area contributed by atoms with Gasteiger partial charge < -0.3 is 9.09 Å². The van der Waals surface area contributed by atoms with Crippen molar-refractivity contribution in [1.29, 1.82) is 0 Å². The molecule has 0 N–H and O–H groups in total. The summed E-state index contributed by atoms with van der Waals surface area (Å²) in [4.78, 5) is 8.46. The van der Waals surface area contributed by atoms with E-state index in [1.54, 1.807) is 11.6 Å². The third-order valence-corrected chi connectivity index (χ3v) is 6.48. The minimum absolute atomic E-state index is 0.0941. The Hall–Kier alpha value is -2.52. The number of aromatic nitrogens is 4. The molecule has 4 rings (SSSR count). The van der Waals surface area contributed by atoms with Crippen LogP contribution >= 0.6 is 0 Å². The topological polar surface area (TPSA) is 94.1 Å². The van der Waals surface area contributed by atoms with Crippen molar-refractivity contribution in [3.63, 3.8) is 0 Å². The summed E-state index contributed by atoms with van der Waals surface area (Å²) in [5.41, 5.74) is 0.874. The minimum atomic E-state index is -3.57. The van der Waals surface area contributed by atoms with Gasteiger partial charge in [0.05, 0.1) is 6.33 Å². The molecule has 27 heavy (non-hydrogen) atoms. The second-order valence-electron chi connectivity index (χ2n) is 6.83. The number of aryl methyl sites for hydroxylation is 1. The number of piperidine rings is 1. The Morgan fingerprint density at radius 3 is 2.81 bits per heavy atom. The fourth-order valence-electron chi connectivity index (χ4n) is 3.36. The first-order valence-electron chi connectivity index (χ1n) is 8.88. The molecule has 3 heterocycles. The Kier molecular flexibility index (Phi) is 4.79. The van der Waals surface area contributed by atoms with Crippen LogP contribution in [0.3, 0.4) is 0 Å². The molecule has 1 aliphatic rings. The molecular weight excluding hydrogens is 366 g/mol. The van der Waals surface area contributed by atoms with Crippen LogP contribution in [0.4, 0.5) is 0 Å². The zero-order valence-corrected chi connectivity index (χ0v) is 15.8. The molecule has 8 nitrogen and oxygen atoms in total. The largest absolute Gasteiger partial charge is 0.339 e. The first-order chi connectivity index (χ1) is 13.0. The van der Waals surface area contributed by atoms with Crippen LogP contribution in [0.15, 0.2) is 52.4 Å². The van der Waals surface area contributed by atoms with E-state index in [9.17, 15) is 8.42 Å². The van der Waals surface area contributed by atoms with Gasteiger partial charge in [0.2, 0.25) is 0 Å². The van der Waals surface area contributed by atoms with E-state index in [0.29, 0.717) is 31.2 Å². The number of hydrogen-bond acceptors (Lipinski definition) is 6. The molecule has 0 bridgehead atoms. The van der Waals surface area contributed by atoms with Gasteiger partial charge in [0.25, 0.3) is 15.9 Å². The van der Waals surface area contributed by atoms with Crippen molar-refractivity contribution in [3.8, 4) is 11.5 Å². The molecule has 0 saturated carbocycles. The molecule has 9 heteroatoms. The molecule has 3 aromatic rings. The molecule has 142 valence electrons. The number of rotatable bonds is 5. The lowest BCUT2D eigenvalue weighted by atomic mass is 9.96. The Balaban J connectivity index is 1.46. The summed E-state index contributed by atoms with van der Waals surface area (Å²) in [7, 11) is -1.81. The zero-order valence-electron chi connectivity index (χ0n) is 15.0. The zero-order chi connectivity index (χ0) is 18.9. The van der Waals surface area contributed by atoms with Crippen molar-refractivity contribution >= 4 is 10.0 Å². The highest BCUT2D eigenvalue weighted by molar-refractivity contribution is 7.89. The lowest BCUT2D eigenvalue weighted by Crippen LogP contribution is -2.40. The van der Waals surface area contributed by atoms with Crippen molar-refractivity contribution in [3.05, 3.63) is 48.7 Å². The molecule has 0 spiro atoms. The van der Waals surface area contributed by atoms with Gasteiger partial charge >= 0.3 is 0 Å². The predicted octanol–water partition coefficient (Wildman–Crippen LogP) is 2.11. The molecule has 0 aliphatic carbocycles. The maximum absolute atomic E-state index is 12.8. The molecule has 2 aromatic heterocycles. The van der Waals surface area contributed by atoms with Crippen LogP contribution in [0.5, 0.6) is 0 Å². The SMILES string of the molecule is Cn1cnc(S(=O)(=O)N2CCCC(Cc3noc(-c4ccccc4)n3)C2)c1. The molecule has 1 atom stereocenters. The van der Waals surface area contributed by atoms with Gasteiger partial charge in [-0.2, -0.15) is 9.29 Å². The normalized spacial score (nSPS) is 18.6. The molecule has 1 aliphatic heterocycles. The molecule has 1 unspecified atom stereocenters. The third kappa shape index (κ3) is 3.79. The van der Waals surface area contributed by atoms with Gasteiger partial charge in [0, 0.05) is 38.3 Å². The quantitative estimate of drug-likeness (QED) is 0.666. The molecule has 1 saturated heterocycles. The molecule has 1 fully saturated rings. The summed E-state index contributed by atoms with van der Waals surface area (Å²) in [6.45, 7) is 0.949. The van der Waals surface area contributed by atoms with E-state index in [1.165, 1.54) is 16.8 Å². The summed E-state index contributed by atoms with van der Waals surface area (Å²) >= 11 is 0. The summed E-state index contributed by atoms with van der Waals surface area (Å²) in [5.74, 6) is 1.24. The van der Waals surface area contributed by atoms with Crippen LogP contribution < -0.4 is 0 Å². The predicted molar refractivity (Wildman–Crippen MR) is 98.1 cm³/mol. The minimum Gasteiger partial charge on any atom is -0.339 e. The standard InChI is InChI=1S/C18H21N5O3S/c1-22-12-17(19-13-22)27(24,25)23-9-5-6-14(11-23)10-16-20-18(26-21-16)15-7-3-2-4-8-15/h2-4,7-8,12-14H,5-6,9-11H2,1H3. The average molecular weight is 387 g/mol. The Bertz CT molecular complexity index is 1010. The first kappa shape index (κ1) is 17.9. The van der Waals surface area contributed by atoms with E-state index in [2.05, 4.69) is 15.1 Å². The van der Waals surface area contributed by atoms with Crippen LogP contribution in [0.1, 0.15) is 18.7 Å². The van der Waals surface area contributed by atoms with Crippen LogP contribution in [0, 0.1) is 5.92 Å². The molecular formula is C18H21N5O3S. The van der Waals surface area contributed by atoms with Crippen molar-refractivity contribution in [1.82, 2.24) is 24.0 Å². The van der Waals surface area contributed by atoms with Gasteiger partial charge in [0.15, 0.2) is 10.9 Å². The molecule has 0 radical (unpaired) electrons. The maximum Gasteiger partial charge on any atom is 0.262 e. The number of benzene rings is 1. The van der Waals surface area contributed by atoms with E-state index in [0.717, 1.165) is 18.4 Å². The summed E-state index contributed by atoms with van der Waals surface area (Å²) in [5, 5.41) is 4.16. The van der Waals surface area contributed by atoms with Gasteiger partial charge in [0.1, 0.15) is 0 Å². The highest BCUT2D eigenvalue weighted by atomic mass is 32.2. The Morgan fingerprint density at radius 2 is 2.07 bits per heavy atom. The van der Waals surface area contributed by atoms with E-state index < -0.39 is 10.0 Å². The maximum atomic E-state index is 12.8. The summed E-state index contributed by atoms with van der Waals surface area (Å²) < 4.78 is 34.1. The second-order valence-corrected chi connectivity index (χ2v) is 8.72. The third-order valence-electron chi connectivity index (χ3n) is 4.73. The van der Waals surface area contributed by atoms with Crippen LogP contribution in [0.25, 0.3) is 11.5 Å². The van der Waals surface area contributed by atoms with E-state index in [-0.39, 0.29) is 10.9 Å².